The van der Waals surface area contributed by atoms with E-state index in [9.17, 15) is 4.79 Å². The van der Waals surface area contributed by atoms with Gasteiger partial charge < -0.3 is 14.2 Å². The Labute approximate surface area is 106 Å². The maximum Gasteiger partial charge on any atom is 0.327 e. The van der Waals surface area contributed by atoms with Crippen molar-refractivity contribution in [3.05, 3.63) is 23.8 Å². The molecule has 0 unspecified atom stereocenters. The molecular weight excluding hydrogens is 234 g/mol. The van der Waals surface area contributed by atoms with Crippen LogP contribution in [0.1, 0.15) is 12.5 Å². The van der Waals surface area contributed by atoms with Crippen molar-refractivity contribution in [2.75, 3.05) is 27.4 Å². The molecular formula is C13H17NO4. The van der Waals surface area contributed by atoms with E-state index in [1.54, 1.807) is 33.4 Å². The molecule has 1 rings (SSSR count). The van der Waals surface area contributed by atoms with Crippen molar-refractivity contribution < 1.29 is 19.0 Å². The molecule has 5 nitrogen and oxygen atoms in total. The Morgan fingerprint density at radius 2 is 2.11 bits per heavy atom. The predicted octanol–water partition coefficient (Wildman–Crippen LogP) is 1.69. The smallest absolute Gasteiger partial charge is 0.327 e. The van der Waals surface area contributed by atoms with Crippen molar-refractivity contribution in [1.82, 2.24) is 0 Å². The number of rotatable bonds is 6. The highest BCUT2D eigenvalue weighted by atomic mass is 16.5. The van der Waals surface area contributed by atoms with E-state index in [0.29, 0.717) is 18.1 Å². The van der Waals surface area contributed by atoms with Crippen molar-refractivity contribution in [2.45, 2.75) is 6.92 Å². The average molecular weight is 251 g/mol. The summed E-state index contributed by atoms with van der Waals surface area (Å²) in [5.41, 5.74) is 0.751. The molecule has 98 valence electrons. The van der Waals surface area contributed by atoms with Crippen LogP contribution in [0.3, 0.4) is 0 Å². The zero-order chi connectivity index (χ0) is 13.4. The van der Waals surface area contributed by atoms with E-state index in [1.807, 2.05) is 12.1 Å². The summed E-state index contributed by atoms with van der Waals surface area (Å²) in [5.74, 6) is 0.862. The minimum absolute atomic E-state index is 0.00575. The molecule has 0 aromatic heterocycles. The van der Waals surface area contributed by atoms with Gasteiger partial charge in [0.25, 0.3) is 0 Å². The number of hydrogen-bond acceptors (Lipinski definition) is 5. The van der Waals surface area contributed by atoms with Gasteiger partial charge in [0.2, 0.25) is 0 Å². The Hall–Kier alpha value is -2.04. The molecule has 0 aliphatic carbocycles. The third kappa shape index (κ3) is 3.76. The number of benzene rings is 1. The second-order valence-electron chi connectivity index (χ2n) is 3.36. The lowest BCUT2D eigenvalue weighted by Gasteiger charge is -2.09. The van der Waals surface area contributed by atoms with Gasteiger partial charge in [-0.25, -0.2) is 0 Å². The molecule has 0 fully saturated rings. The topological polar surface area (TPSA) is 57.1 Å². The SMILES string of the molecule is CCOC(=O)CN=Cc1cccc(OC)c1OC. The van der Waals surface area contributed by atoms with E-state index in [2.05, 4.69) is 4.99 Å². The Morgan fingerprint density at radius 3 is 2.72 bits per heavy atom. The fraction of sp³-hybridized carbons (Fsp3) is 0.385. The minimum Gasteiger partial charge on any atom is -0.493 e. The fourth-order valence-electron chi connectivity index (χ4n) is 1.44. The molecule has 18 heavy (non-hydrogen) atoms. The van der Waals surface area contributed by atoms with Crippen LogP contribution in [0.5, 0.6) is 11.5 Å². The lowest BCUT2D eigenvalue weighted by Crippen LogP contribution is -2.07. The highest BCUT2D eigenvalue weighted by Crippen LogP contribution is 2.29. The maximum atomic E-state index is 11.1. The van der Waals surface area contributed by atoms with E-state index in [-0.39, 0.29) is 12.5 Å². The van der Waals surface area contributed by atoms with E-state index in [0.717, 1.165) is 5.56 Å². The highest BCUT2D eigenvalue weighted by Gasteiger charge is 2.07. The lowest BCUT2D eigenvalue weighted by atomic mass is 10.2. The monoisotopic (exact) mass is 251 g/mol. The van der Waals surface area contributed by atoms with Crippen molar-refractivity contribution in [3.8, 4) is 11.5 Å². The maximum absolute atomic E-state index is 11.1. The zero-order valence-electron chi connectivity index (χ0n) is 10.8. The molecule has 0 N–H and O–H groups in total. The molecule has 1 aromatic rings. The number of carbonyl (C=O) groups excluding carboxylic acids is 1. The summed E-state index contributed by atoms with van der Waals surface area (Å²) in [4.78, 5) is 15.1. The number of aliphatic imine (C=N–C) groups is 1. The summed E-state index contributed by atoms with van der Waals surface area (Å²) in [6.07, 6.45) is 1.57. The standard InChI is InChI=1S/C13H17NO4/c1-4-18-12(15)9-14-8-10-6-5-7-11(16-2)13(10)17-3/h5-8H,4,9H2,1-3H3. The van der Waals surface area contributed by atoms with Crippen molar-refractivity contribution in [1.29, 1.82) is 0 Å². The normalized spacial score (nSPS) is 10.4. The van der Waals surface area contributed by atoms with Gasteiger partial charge in [-0.15, -0.1) is 0 Å². The summed E-state index contributed by atoms with van der Waals surface area (Å²) in [6, 6.07) is 5.45. The molecule has 0 spiro atoms. The Bertz CT molecular complexity index is 429. The fourth-order valence-corrected chi connectivity index (χ4v) is 1.44. The summed E-state index contributed by atoms with van der Waals surface area (Å²) in [5, 5.41) is 0. The molecule has 0 heterocycles. The number of methoxy groups -OCH3 is 2. The van der Waals surface area contributed by atoms with Crippen LogP contribution < -0.4 is 9.47 Å². The van der Waals surface area contributed by atoms with Gasteiger partial charge in [0.15, 0.2) is 11.5 Å². The van der Waals surface area contributed by atoms with Crippen LogP contribution >= 0.6 is 0 Å². The Morgan fingerprint density at radius 1 is 1.33 bits per heavy atom. The second-order valence-corrected chi connectivity index (χ2v) is 3.36. The number of nitrogens with zero attached hydrogens (tertiary/aromatic N) is 1. The van der Waals surface area contributed by atoms with Gasteiger partial charge >= 0.3 is 5.97 Å². The predicted molar refractivity (Wildman–Crippen MR) is 68.6 cm³/mol. The molecule has 0 saturated carbocycles. The zero-order valence-corrected chi connectivity index (χ0v) is 10.8. The number of para-hydroxylation sites is 1. The molecule has 0 amide bonds. The summed E-state index contributed by atoms with van der Waals surface area (Å²) >= 11 is 0. The average Bonchev–Trinajstić information content (AvgIpc) is 2.38. The molecule has 5 heteroatoms. The molecule has 0 aliphatic rings. The first-order valence-corrected chi connectivity index (χ1v) is 5.59. The van der Waals surface area contributed by atoms with Crippen molar-refractivity contribution in [3.63, 3.8) is 0 Å². The second kappa shape index (κ2) is 7.32. The summed E-state index contributed by atoms with van der Waals surface area (Å²) < 4.78 is 15.2. The van der Waals surface area contributed by atoms with Gasteiger partial charge in [-0.2, -0.15) is 0 Å². The molecule has 0 saturated heterocycles. The van der Waals surface area contributed by atoms with Crippen LogP contribution in [-0.2, 0) is 9.53 Å². The minimum atomic E-state index is -0.351. The number of esters is 1. The quantitative estimate of drug-likeness (QED) is 0.570. The first kappa shape index (κ1) is 14.0. The van der Waals surface area contributed by atoms with Crippen LogP contribution in [-0.4, -0.2) is 39.6 Å². The summed E-state index contributed by atoms with van der Waals surface area (Å²) in [7, 11) is 3.12. The Balaban J connectivity index is 2.77. The van der Waals surface area contributed by atoms with E-state index in [1.165, 1.54) is 0 Å². The summed E-state index contributed by atoms with van der Waals surface area (Å²) in [6.45, 7) is 2.11. The van der Waals surface area contributed by atoms with Gasteiger partial charge in [0.1, 0.15) is 6.54 Å². The van der Waals surface area contributed by atoms with Gasteiger partial charge in [-0.05, 0) is 19.1 Å². The Kier molecular flexibility index (Phi) is 5.70. The van der Waals surface area contributed by atoms with E-state index in [4.69, 9.17) is 14.2 Å². The van der Waals surface area contributed by atoms with Gasteiger partial charge in [-0.3, -0.25) is 9.79 Å². The van der Waals surface area contributed by atoms with Crippen molar-refractivity contribution >= 4 is 12.2 Å². The van der Waals surface area contributed by atoms with Crippen LogP contribution in [0.15, 0.2) is 23.2 Å². The van der Waals surface area contributed by atoms with Gasteiger partial charge in [0, 0.05) is 11.8 Å². The van der Waals surface area contributed by atoms with Crippen LogP contribution in [0.2, 0.25) is 0 Å². The van der Waals surface area contributed by atoms with Gasteiger partial charge in [-0.1, -0.05) is 6.07 Å². The van der Waals surface area contributed by atoms with Gasteiger partial charge in [0.05, 0.1) is 20.8 Å². The third-order valence-electron chi connectivity index (χ3n) is 2.19. The van der Waals surface area contributed by atoms with E-state index >= 15 is 0 Å². The third-order valence-corrected chi connectivity index (χ3v) is 2.19. The number of hydrogen-bond donors (Lipinski definition) is 0. The largest absolute Gasteiger partial charge is 0.493 e. The molecule has 1 aromatic carbocycles. The van der Waals surface area contributed by atoms with Crippen LogP contribution in [0, 0.1) is 0 Å². The van der Waals surface area contributed by atoms with Crippen LogP contribution in [0.4, 0.5) is 0 Å². The highest BCUT2D eigenvalue weighted by molar-refractivity contribution is 5.86. The van der Waals surface area contributed by atoms with Crippen molar-refractivity contribution in [2.24, 2.45) is 4.99 Å². The molecule has 0 atom stereocenters. The van der Waals surface area contributed by atoms with Crippen LogP contribution in [0.25, 0.3) is 0 Å². The number of carbonyl (C=O) groups is 1. The first-order chi connectivity index (χ1) is 8.72. The first-order valence-electron chi connectivity index (χ1n) is 5.59. The number of ether oxygens (including phenoxy) is 3. The lowest BCUT2D eigenvalue weighted by molar-refractivity contribution is -0.141. The molecule has 0 aliphatic heterocycles. The van der Waals surface area contributed by atoms with E-state index < -0.39 is 0 Å². The molecule has 0 radical (unpaired) electrons. The molecule has 0 bridgehead atoms.